The molecule has 1 amide bonds. The molecule has 1 atom stereocenters. The predicted octanol–water partition coefficient (Wildman–Crippen LogP) is 1.47. The topological polar surface area (TPSA) is 64.6 Å². The number of amides is 1. The first kappa shape index (κ1) is 15.3. The van der Waals surface area contributed by atoms with E-state index in [1.54, 1.807) is 20.8 Å². The van der Waals surface area contributed by atoms with Gasteiger partial charge in [-0.3, -0.25) is 0 Å². The van der Waals surface area contributed by atoms with Gasteiger partial charge >= 0.3 is 12.1 Å². The average molecular weight is 241 g/mol. The van der Waals surface area contributed by atoms with Crippen LogP contribution in [0.5, 0.6) is 0 Å². The normalized spacial score (nSPS) is 12.2. The van der Waals surface area contributed by atoms with E-state index < -0.39 is 23.7 Å². The lowest BCUT2D eigenvalue weighted by Crippen LogP contribution is -2.42. The summed E-state index contributed by atoms with van der Waals surface area (Å²) in [5.41, 5.74) is -0.600. The Bertz CT molecular complexity index is 311. The van der Waals surface area contributed by atoms with Gasteiger partial charge in [0, 0.05) is 6.42 Å². The van der Waals surface area contributed by atoms with Crippen molar-refractivity contribution in [3.8, 4) is 12.3 Å². The molecular weight excluding hydrogens is 222 g/mol. The van der Waals surface area contributed by atoms with Crippen LogP contribution in [0.15, 0.2) is 0 Å². The molecule has 0 bridgehead atoms. The second kappa shape index (κ2) is 6.79. The van der Waals surface area contributed by atoms with E-state index in [0.29, 0.717) is 6.42 Å². The molecule has 1 unspecified atom stereocenters. The van der Waals surface area contributed by atoms with Crippen LogP contribution < -0.4 is 5.32 Å². The molecular formula is C12H19NO4. The number of hydrogen-bond acceptors (Lipinski definition) is 4. The molecule has 0 aromatic heterocycles. The fourth-order valence-corrected chi connectivity index (χ4v) is 0.879. The van der Waals surface area contributed by atoms with Gasteiger partial charge in [0.25, 0.3) is 0 Å². The Morgan fingerprint density at radius 2 is 2.00 bits per heavy atom. The maximum absolute atomic E-state index is 11.4. The lowest BCUT2D eigenvalue weighted by Gasteiger charge is -2.21. The zero-order valence-corrected chi connectivity index (χ0v) is 10.7. The third-order valence-corrected chi connectivity index (χ3v) is 1.58. The number of nitrogens with one attached hydrogen (secondary N) is 1. The van der Waals surface area contributed by atoms with Crippen molar-refractivity contribution in [2.24, 2.45) is 0 Å². The Morgan fingerprint density at radius 3 is 2.47 bits per heavy atom. The molecule has 0 spiro atoms. The van der Waals surface area contributed by atoms with Crippen molar-refractivity contribution in [1.82, 2.24) is 5.32 Å². The van der Waals surface area contributed by atoms with Crippen LogP contribution in [0.4, 0.5) is 4.79 Å². The van der Waals surface area contributed by atoms with Crippen LogP contribution in [0.1, 0.15) is 34.1 Å². The van der Waals surface area contributed by atoms with Crippen LogP contribution in [0, 0.1) is 12.3 Å². The van der Waals surface area contributed by atoms with E-state index in [0.717, 1.165) is 0 Å². The molecule has 0 aromatic carbocycles. The van der Waals surface area contributed by atoms with Gasteiger partial charge in [0.2, 0.25) is 0 Å². The van der Waals surface area contributed by atoms with Gasteiger partial charge in [-0.25, -0.2) is 9.59 Å². The minimum absolute atomic E-state index is 0.148. The van der Waals surface area contributed by atoms with Crippen molar-refractivity contribution >= 4 is 12.1 Å². The van der Waals surface area contributed by atoms with Gasteiger partial charge in [-0.1, -0.05) is 0 Å². The van der Waals surface area contributed by atoms with Crippen LogP contribution in [-0.4, -0.2) is 30.3 Å². The van der Waals surface area contributed by atoms with Crippen LogP contribution in [0.2, 0.25) is 0 Å². The van der Waals surface area contributed by atoms with Crippen LogP contribution in [0.3, 0.4) is 0 Å². The molecule has 0 fully saturated rings. The van der Waals surface area contributed by atoms with Gasteiger partial charge in [-0.05, 0) is 27.7 Å². The third-order valence-electron chi connectivity index (χ3n) is 1.58. The number of hydrogen-bond donors (Lipinski definition) is 1. The maximum Gasteiger partial charge on any atom is 0.408 e. The van der Waals surface area contributed by atoms with Crippen molar-refractivity contribution in [2.75, 3.05) is 6.61 Å². The smallest absolute Gasteiger partial charge is 0.408 e. The molecule has 0 saturated heterocycles. The summed E-state index contributed by atoms with van der Waals surface area (Å²) < 4.78 is 9.82. The average Bonchev–Trinajstić information content (AvgIpc) is 2.14. The molecule has 1 N–H and O–H groups in total. The zero-order valence-electron chi connectivity index (χ0n) is 10.7. The van der Waals surface area contributed by atoms with E-state index >= 15 is 0 Å². The minimum atomic E-state index is -0.761. The van der Waals surface area contributed by atoms with Crippen LogP contribution in [0.25, 0.3) is 0 Å². The number of esters is 1. The quantitative estimate of drug-likeness (QED) is 0.460. The van der Waals surface area contributed by atoms with E-state index in [2.05, 4.69) is 11.2 Å². The molecule has 5 heteroatoms. The molecule has 17 heavy (non-hydrogen) atoms. The van der Waals surface area contributed by atoms with E-state index in [-0.39, 0.29) is 6.61 Å². The summed E-state index contributed by atoms with van der Waals surface area (Å²) in [6.45, 7) is 6.88. The number of alkyl carbamates (subject to hydrolysis) is 1. The summed E-state index contributed by atoms with van der Waals surface area (Å²) in [7, 11) is 0. The number of terminal acetylenes is 1. The fraction of sp³-hybridized carbons (Fsp3) is 0.667. The van der Waals surface area contributed by atoms with E-state index in [4.69, 9.17) is 15.9 Å². The summed E-state index contributed by atoms with van der Waals surface area (Å²) >= 11 is 0. The maximum atomic E-state index is 11.4. The van der Waals surface area contributed by atoms with Crippen LogP contribution in [-0.2, 0) is 14.3 Å². The van der Waals surface area contributed by atoms with Crippen molar-refractivity contribution in [1.29, 1.82) is 0 Å². The van der Waals surface area contributed by atoms with E-state index in [9.17, 15) is 9.59 Å². The summed E-state index contributed by atoms with van der Waals surface area (Å²) in [4.78, 5) is 22.7. The fourth-order valence-electron chi connectivity index (χ4n) is 0.879. The van der Waals surface area contributed by atoms with Crippen molar-refractivity contribution < 1.29 is 19.1 Å². The summed E-state index contributed by atoms with van der Waals surface area (Å²) in [5.74, 6) is 1.81. The van der Waals surface area contributed by atoms with Gasteiger partial charge in [0.15, 0.2) is 0 Å². The van der Waals surface area contributed by atoms with Gasteiger partial charge in [0.05, 0.1) is 0 Å². The Balaban J connectivity index is 4.00. The Kier molecular flexibility index (Phi) is 6.11. The Labute approximate surface area is 102 Å². The Morgan fingerprint density at radius 1 is 1.41 bits per heavy atom. The summed E-state index contributed by atoms with van der Waals surface area (Å²) in [5, 5.41) is 2.38. The summed E-state index contributed by atoms with van der Waals surface area (Å²) in [6, 6.07) is -0.761. The first-order valence-electron chi connectivity index (χ1n) is 5.36. The van der Waals surface area contributed by atoms with Crippen molar-refractivity contribution in [3.05, 3.63) is 0 Å². The lowest BCUT2D eigenvalue weighted by molar-refractivity contribution is -0.145. The largest absolute Gasteiger partial charge is 0.463 e. The zero-order chi connectivity index (χ0) is 13.5. The minimum Gasteiger partial charge on any atom is -0.463 e. The van der Waals surface area contributed by atoms with Gasteiger partial charge < -0.3 is 14.8 Å². The van der Waals surface area contributed by atoms with Gasteiger partial charge in [-0.15, -0.1) is 12.3 Å². The molecule has 0 rings (SSSR count). The van der Waals surface area contributed by atoms with Crippen molar-refractivity contribution in [3.63, 3.8) is 0 Å². The highest BCUT2D eigenvalue weighted by Gasteiger charge is 2.21. The lowest BCUT2D eigenvalue weighted by atomic mass is 10.2. The summed E-state index contributed by atoms with van der Waals surface area (Å²) in [6.07, 6.45) is 4.71. The van der Waals surface area contributed by atoms with Crippen molar-refractivity contribution in [2.45, 2.75) is 45.8 Å². The molecule has 0 saturated carbocycles. The molecule has 0 radical (unpaired) electrons. The SMILES string of the molecule is C#CCCOC(=O)C(C)NC(=O)OC(C)(C)C. The second-order valence-corrected chi connectivity index (χ2v) is 4.49. The third kappa shape index (κ3) is 8.14. The molecule has 0 heterocycles. The predicted molar refractivity (Wildman–Crippen MR) is 63.2 cm³/mol. The Hall–Kier alpha value is -1.70. The molecule has 0 aliphatic carbocycles. The molecule has 0 aliphatic rings. The van der Waals surface area contributed by atoms with E-state index in [1.807, 2.05) is 0 Å². The number of carbonyl (C=O) groups excluding carboxylic acids is 2. The number of rotatable bonds is 4. The number of ether oxygens (including phenoxy) is 2. The highest BCUT2D eigenvalue weighted by atomic mass is 16.6. The molecule has 0 aliphatic heterocycles. The van der Waals surface area contributed by atoms with Gasteiger partial charge in [-0.2, -0.15) is 0 Å². The monoisotopic (exact) mass is 241 g/mol. The number of carbonyl (C=O) groups is 2. The van der Waals surface area contributed by atoms with Gasteiger partial charge in [0.1, 0.15) is 18.2 Å². The molecule has 0 aromatic rings. The molecule has 5 nitrogen and oxygen atoms in total. The highest BCUT2D eigenvalue weighted by molar-refractivity contribution is 5.80. The molecule has 96 valence electrons. The standard InChI is InChI=1S/C12H19NO4/c1-6-7-8-16-10(14)9(2)13-11(15)17-12(3,4)5/h1,9H,7-8H2,2-5H3,(H,13,15). The highest BCUT2D eigenvalue weighted by Crippen LogP contribution is 2.06. The van der Waals surface area contributed by atoms with Crippen LogP contribution >= 0.6 is 0 Å². The van der Waals surface area contributed by atoms with E-state index in [1.165, 1.54) is 6.92 Å². The first-order chi connectivity index (χ1) is 7.76. The second-order valence-electron chi connectivity index (χ2n) is 4.49. The first-order valence-corrected chi connectivity index (χ1v) is 5.36.